The second-order valence-electron chi connectivity index (χ2n) is 9.63. The molecule has 0 unspecified atom stereocenters. The fourth-order valence-corrected chi connectivity index (χ4v) is 3.97. The molecule has 0 fully saturated rings. The average molecular weight is 443 g/mol. The first-order valence-corrected chi connectivity index (χ1v) is 11.7. The molecule has 0 aliphatic heterocycles. The Bertz CT molecular complexity index is 1220. The molecule has 4 nitrogen and oxygen atoms in total. The lowest BCUT2D eigenvalue weighted by atomic mass is 9.87. The predicted octanol–water partition coefficient (Wildman–Crippen LogP) is 7.00. The van der Waals surface area contributed by atoms with Gasteiger partial charge in [-0.05, 0) is 72.7 Å². The number of nitrogens with zero attached hydrogens (tertiary/aromatic N) is 2. The quantitative estimate of drug-likeness (QED) is 0.276. The van der Waals surface area contributed by atoms with Crippen molar-refractivity contribution in [1.29, 1.82) is 0 Å². The van der Waals surface area contributed by atoms with Gasteiger partial charge in [0.2, 0.25) is 0 Å². The number of aryl methyl sites for hydroxylation is 2. The van der Waals surface area contributed by atoms with Crippen LogP contribution in [0.4, 0.5) is 0 Å². The molecule has 4 aromatic rings. The first kappa shape index (κ1) is 22.9. The minimum absolute atomic E-state index is 0.131. The Morgan fingerprint density at radius 2 is 1.61 bits per heavy atom. The molecule has 0 bridgehead atoms. The maximum Gasteiger partial charge on any atom is 0.147 e. The largest absolute Gasteiger partial charge is 0.493 e. The van der Waals surface area contributed by atoms with E-state index >= 15 is 0 Å². The molecule has 0 atom stereocenters. The molecule has 0 saturated heterocycles. The van der Waals surface area contributed by atoms with Crippen molar-refractivity contribution in [2.75, 3.05) is 6.61 Å². The van der Waals surface area contributed by atoms with Crippen LogP contribution >= 0.6 is 0 Å². The number of hydrogen-bond acceptors (Lipinski definition) is 3. The molecule has 4 heteroatoms. The lowest BCUT2D eigenvalue weighted by molar-refractivity contribution is 0.279. The summed E-state index contributed by atoms with van der Waals surface area (Å²) in [4.78, 5) is 4.84. The summed E-state index contributed by atoms with van der Waals surface area (Å²) in [5, 5.41) is 0. The molecule has 1 heterocycles. The number of rotatable bonds is 8. The van der Waals surface area contributed by atoms with E-state index in [0.29, 0.717) is 13.2 Å². The van der Waals surface area contributed by atoms with Crippen LogP contribution < -0.4 is 9.47 Å². The van der Waals surface area contributed by atoms with E-state index < -0.39 is 0 Å². The molecule has 0 radical (unpaired) electrons. The van der Waals surface area contributed by atoms with Crippen LogP contribution in [-0.4, -0.2) is 16.2 Å². The molecule has 0 N–H and O–H groups in total. The van der Waals surface area contributed by atoms with Crippen molar-refractivity contribution < 1.29 is 9.47 Å². The fraction of sp³-hybridized carbons (Fsp3) is 0.345. The van der Waals surface area contributed by atoms with Crippen molar-refractivity contribution in [3.05, 3.63) is 89.2 Å². The third-order valence-corrected chi connectivity index (χ3v) is 6.16. The highest BCUT2D eigenvalue weighted by Crippen LogP contribution is 2.25. The fourth-order valence-electron chi connectivity index (χ4n) is 3.97. The minimum Gasteiger partial charge on any atom is -0.493 e. The molecule has 33 heavy (non-hydrogen) atoms. The average Bonchev–Trinajstić information content (AvgIpc) is 3.15. The molecular weight excluding hydrogens is 408 g/mol. The number of aromatic nitrogens is 2. The van der Waals surface area contributed by atoms with E-state index in [-0.39, 0.29) is 5.41 Å². The number of ether oxygens (including phenoxy) is 2. The van der Waals surface area contributed by atoms with E-state index in [1.165, 1.54) is 16.7 Å². The zero-order valence-electron chi connectivity index (χ0n) is 20.4. The van der Waals surface area contributed by atoms with Gasteiger partial charge in [-0.2, -0.15) is 0 Å². The van der Waals surface area contributed by atoms with Crippen LogP contribution in [0.1, 0.15) is 49.7 Å². The van der Waals surface area contributed by atoms with Crippen molar-refractivity contribution in [3.8, 4) is 11.5 Å². The van der Waals surface area contributed by atoms with Crippen molar-refractivity contribution in [1.82, 2.24) is 9.55 Å². The topological polar surface area (TPSA) is 36.3 Å². The second kappa shape index (κ2) is 9.70. The van der Waals surface area contributed by atoms with Gasteiger partial charge < -0.3 is 14.0 Å². The van der Waals surface area contributed by atoms with Crippen LogP contribution in [0.2, 0.25) is 0 Å². The van der Waals surface area contributed by atoms with Gasteiger partial charge in [0.05, 0.1) is 17.6 Å². The predicted molar refractivity (Wildman–Crippen MR) is 135 cm³/mol. The van der Waals surface area contributed by atoms with Gasteiger partial charge in [-0.15, -0.1) is 0 Å². The first-order chi connectivity index (χ1) is 15.8. The van der Waals surface area contributed by atoms with E-state index in [2.05, 4.69) is 75.6 Å². The molecule has 0 saturated carbocycles. The Balaban J connectivity index is 1.43. The lowest BCUT2D eigenvalue weighted by Crippen LogP contribution is -2.11. The molecule has 1 aromatic heterocycles. The van der Waals surface area contributed by atoms with Gasteiger partial charge >= 0.3 is 0 Å². The summed E-state index contributed by atoms with van der Waals surface area (Å²) in [7, 11) is 0. The molecule has 4 rings (SSSR count). The number of imidazole rings is 1. The summed E-state index contributed by atoms with van der Waals surface area (Å²) < 4.78 is 14.4. The van der Waals surface area contributed by atoms with Crippen molar-refractivity contribution in [2.45, 2.75) is 59.6 Å². The van der Waals surface area contributed by atoms with Crippen LogP contribution in [-0.2, 0) is 18.6 Å². The van der Waals surface area contributed by atoms with Crippen LogP contribution in [0, 0.1) is 13.8 Å². The number of fused-ring (bicyclic) bond motifs is 1. The third-order valence-electron chi connectivity index (χ3n) is 6.16. The SMILES string of the molecule is Cc1cccc(OCCCn2c(COc3ccc(C(C)(C)C)cc3)nc3ccccc32)c1C. The van der Waals surface area contributed by atoms with Gasteiger partial charge in [0, 0.05) is 6.54 Å². The van der Waals surface area contributed by atoms with E-state index in [9.17, 15) is 0 Å². The van der Waals surface area contributed by atoms with Gasteiger partial charge in [0.25, 0.3) is 0 Å². The third kappa shape index (κ3) is 5.39. The number of hydrogen-bond donors (Lipinski definition) is 0. The van der Waals surface area contributed by atoms with Crippen molar-refractivity contribution in [3.63, 3.8) is 0 Å². The Morgan fingerprint density at radius 1 is 0.848 bits per heavy atom. The maximum atomic E-state index is 6.12. The Morgan fingerprint density at radius 3 is 2.36 bits per heavy atom. The molecule has 3 aromatic carbocycles. The lowest BCUT2D eigenvalue weighted by Gasteiger charge is -2.19. The van der Waals surface area contributed by atoms with Crippen LogP contribution in [0.25, 0.3) is 11.0 Å². The van der Waals surface area contributed by atoms with Gasteiger partial charge in [-0.1, -0.05) is 57.2 Å². The van der Waals surface area contributed by atoms with Gasteiger partial charge in [-0.3, -0.25) is 0 Å². The summed E-state index contributed by atoms with van der Waals surface area (Å²) in [6.07, 6.45) is 0.890. The van der Waals surface area contributed by atoms with Gasteiger partial charge in [0.1, 0.15) is 23.9 Å². The first-order valence-electron chi connectivity index (χ1n) is 11.7. The Hall–Kier alpha value is -3.27. The number of benzene rings is 3. The summed E-state index contributed by atoms with van der Waals surface area (Å²) in [5.41, 5.74) is 6.01. The highest BCUT2D eigenvalue weighted by atomic mass is 16.5. The van der Waals surface area contributed by atoms with Gasteiger partial charge in [0.15, 0.2) is 0 Å². The van der Waals surface area contributed by atoms with E-state index in [1.54, 1.807) is 0 Å². The molecule has 0 amide bonds. The Labute approximate surface area is 197 Å². The smallest absolute Gasteiger partial charge is 0.147 e. The van der Waals surface area contributed by atoms with Crippen molar-refractivity contribution in [2.24, 2.45) is 0 Å². The van der Waals surface area contributed by atoms with Crippen LogP contribution in [0.3, 0.4) is 0 Å². The minimum atomic E-state index is 0.131. The monoisotopic (exact) mass is 442 g/mol. The number of para-hydroxylation sites is 2. The summed E-state index contributed by atoms with van der Waals surface area (Å²) in [6, 6.07) is 22.8. The highest BCUT2D eigenvalue weighted by molar-refractivity contribution is 5.75. The molecular formula is C29H34N2O2. The Kier molecular flexibility index (Phi) is 6.73. The second-order valence-corrected chi connectivity index (χ2v) is 9.63. The zero-order valence-corrected chi connectivity index (χ0v) is 20.4. The van der Waals surface area contributed by atoms with Gasteiger partial charge in [-0.25, -0.2) is 4.98 Å². The van der Waals surface area contributed by atoms with Crippen molar-refractivity contribution >= 4 is 11.0 Å². The molecule has 0 aliphatic rings. The zero-order chi connectivity index (χ0) is 23.4. The molecule has 0 aliphatic carbocycles. The molecule has 172 valence electrons. The summed E-state index contributed by atoms with van der Waals surface area (Å²) in [6.45, 7) is 12.8. The van der Waals surface area contributed by atoms with Crippen LogP contribution in [0.5, 0.6) is 11.5 Å². The summed E-state index contributed by atoms with van der Waals surface area (Å²) >= 11 is 0. The van der Waals surface area contributed by atoms with Crippen LogP contribution in [0.15, 0.2) is 66.7 Å². The van der Waals surface area contributed by atoms with E-state index in [1.807, 2.05) is 30.3 Å². The maximum absolute atomic E-state index is 6.12. The highest BCUT2D eigenvalue weighted by Gasteiger charge is 2.14. The standard InChI is InChI=1S/C29H34N2O2/c1-21-10-8-13-27(22(21)2)32-19-9-18-31-26-12-7-6-11-25(26)30-28(31)20-33-24-16-14-23(15-17-24)29(3,4)5/h6-8,10-17H,9,18-20H2,1-5H3. The normalized spacial score (nSPS) is 11.7. The molecule has 0 spiro atoms. The van der Waals surface area contributed by atoms with E-state index in [0.717, 1.165) is 41.3 Å². The van der Waals surface area contributed by atoms with E-state index in [4.69, 9.17) is 14.5 Å². The summed E-state index contributed by atoms with van der Waals surface area (Å²) in [5.74, 6) is 2.76.